The topological polar surface area (TPSA) is 82.5 Å². The number of carboxylic acid groups (broad SMARTS) is 1. The molecule has 0 spiro atoms. The summed E-state index contributed by atoms with van der Waals surface area (Å²) >= 11 is 1.55. The minimum absolute atomic E-state index is 0.205. The van der Waals surface area contributed by atoms with Crippen LogP contribution in [0.4, 0.5) is 4.79 Å². The Kier molecular flexibility index (Phi) is 5.44. The molecule has 1 unspecified atom stereocenters. The molecule has 1 aromatic heterocycles. The Balaban J connectivity index is 1.87. The van der Waals surface area contributed by atoms with Gasteiger partial charge in [-0.15, -0.1) is 11.8 Å². The van der Waals surface area contributed by atoms with Crippen LogP contribution in [0.5, 0.6) is 0 Å². The lowest BCUT2D eigenvalue weighted by molar-refractivity contribution is -0.143. The van der Waals surface area contributed by atoms with Gasteiger partial charge in [-0.3, -0.25) is 4.79 Å². The summed E-state index contributed by atoms with van der Waals surface area (Å²) < 4.78 is 0. The fraction of sp³-hybridized carbons (Fsp3) is 0.500. The van der Waals surface area contributed by atoms with E-state index < -0.39 is 11.9 Å². The van der Waals surface area contributed by atoms with Gasteiger partial charge in [0.1, 0.15) is 0 Å². The Hall–Kier alpha value is -1.76. The molecule has 0 radical (unpaired) electrons. The number of likely N-dealkylation sites (tertiary alicyclic amines) is 1. The molecular weight excluding hydrogens is 290 g/mol. The molecule has 1 fully saturated rings. The lowest BCUT2D eigenvalue weighted by atomic mass is 9.99. The Bertz CT molecular complexity index is 524. The quantitative estimate of drug-likeness (QED) is 0.829. The van der Waals surface area contributed by atoms with Gasteiger partial charge in [0.25, 0.3) is 0 Å². The number of carbonyl (C=O) groups excluding carboxylic acids is 1. The molecule has 2 N–H and O–H groups in total. The van der Waals surface area contributed by atoms with Crippen LogP contribution in [0.3, 0.4) is 0 Å². The molecule has 7 heteroatoms. The average Bonchev–Trinajstić information content (AvgIpc) is 2.53. The van der Waals surface area contributed by atoms with Crippen molar-refractivity contribution in [3.63, 3.8) is 0 Å². The van der Waals surface area contributed by atoms with Gasteiger partial charge in [0.05, 0.1) is 10.9 Å². The fourth-order valence-corrected chi connectivity index (χ4v) is 2.76. The van der Waals surface area contributed by atoms with E-state index in [1.54, 1.807) is 22.9 Å². The van der Waals surface area contributed by atoms with Crippen molar-refractivity contribution in [2.24, 2.45) is 5.92 Å². The van der Waals surface area contributed by atoms with Crippen LogP contribution in [0, 0.1) is 5.92 Å². The molecule has 114 valence electrons. The van der Waals surface area contributed by atoms with Gasteiger partial charge in [-0.1, -0.05) is 0 Å². The highest BCUT2D eigenvalue weighted by Crippen LogP contribution is 2.17. The number of hydrogen-bond donors (Lipinski definition) is 2. The molecule has 2 amide bonds. The van der Waals surface area contributed by atoms with Crippen LogP contribution < -0.4 is 5.32 Å². The minimum atomic E-state index is -0.828. The number of pyridine rings is 1. The summed E-state index contributed by atoms with van der Waals surface area (Å²) in [6.07, 6.45) is 5.04. The summed E-state index contributed by atoms with van der Waals surface area (Å²) in [5.41, 5.74) is 0.981. The van der Waals surface area contributed by atoms with E-state index in [1.165, 1.54) is 0 Å². The SMILES string of the molecule is CSc1cc(CNC(=O)N2CCCC(C(=O)O)C2)ccn1. The highest BCUT2D eigenvalue weighted by molar-refractivity contribution is 7.98. The first-order chi connectivity index (χ1) is 10.1. The highest BCUT2D eigenvalue weighted by atomic mass is 32.2. The van der Waals surface area contributed by atoms with Gasteiger partial charge in [-0.05, 0) is 36.8 Å². The number of nitrogens with one attached hydrogen (secondary N) is 1. The molecule has 1 atom stereocenters. The van der Waals surface area contributed by atoms with Crippen LogP contribution in [0.25, 0.3) is 0 Å². The Morgan fingerprint density at radius 2 is 2.38 bits per heavy atom. The molecule has 6 nitrogen and oxygen atoms in total. The summed E-state index contributed by atoms with van der Waals surface area (Å²) in [4.78, 5) is 28.9. The smallest absolute Gasteiger partial charge is 0.317 e. The minimum Gasteiger partial charge on any atom is -0.481 e. The zero-order valence-electron chi connectivity index (χ0n) is 11.9. The van der Waals surface area contributed by atoms with Gasteiger partial charge in [0.2, 0.25) is 0 Å². The number of aliphatic carboxylic acids is 1. The first-order valence-corrected chi connectivity index (χ1v) is 8.07. The van der Waals surface area contributed by atoms with Gasteiger partial charge in [0.15, 0.2) is 0 Å². The normalized spacial score (nSPS) is 18.3. The number of carbonyl (C=O) groups is 2. The molecule has 1 saturated heterocycles. The molecule has 2 heterocycles. The number of thioether (sulfide) groups is 1. The first-order valence-electron chi connectivity index (χ1n) is 6.84. The van der Waals surface area contributed by atoms with Crippen molar-refractivity contribution in [2.45, 2.75) is 24.4 Å². The van der Waals surface area contributed by atoms with E-state index in [4.69, 9.17) is 5.11 Å². The van der Waals surface area contributed by atoms with Crippen molar-refractivity contribution in [3.8, 4) is 0 Å². The van der Waals surface area contributed by atoms with Crippen LogP contribution in [0.2, 0.25) is 0 Å². The summed E-state index contributed by atoms with van der Waals surface area (Å²) in [6.45, 7) is 1.32. The molecule has 0 saturated carbocycles. The molecule has 21 heavy (non-hydrogen) atoms. The zero-order chi connectivity index (χ0) is 15.2. The average molecular weight is 309 g/mol. The Morgan fingerprint density at radius 3 is 3.10 bits per heavy atom. The predicted octanol–water partition coefficient (Wildman–Crippen LogP) is 1.81. The van der Waals surface area contributed by atoms with Gasteiger partial charge in [0, 0.05) is 25.8 Å². The second-order valence-corrected chi connectivity index (χ2v) is 5.82. The van der Waals surface area contributed by atoms with E-state index in [0.29, 0.717) is 19.5 Å². The first kappa shape index (κ1) is 15.6. The molecule has 1 aromatic rings. The standard InChI is InChI=1S/C14H19N3O3S/c1-21-12-7-10(4-5-15-12)8-16-14(20)17-6-2-3-11(9-17)13(18)19/h4-5,7,11H,2-3,6,8-9H2,1H3,(H,16,20)(H,18,19). The van der Waals surface area contributed by atoms with Crippen LogP contribution in [-0.4, -0.2) is 46.3 Å². The van der Waals surface area contributed by atoms with E-state index in [2.05, 4.69) is 10.3 Å². The molecular formula is C14H19N3O3S. The molecule has 2 rings (SSSR count). The molecule has 1 aliphatic rings. The number of amides is 2. The number of carboxylic acids is 1. The van der Waals surface area contributed by atoms with E-state index in [9.17, 15) is 9.59 Å². The van der Waals surface area contributed by atoms with Crippen molar-refractivity contribution >= 4 is 23.8 Å². The number of hydrogen-bond acceptors (Lipinski definition) is 4. The molecule has 0 bridgehead atoms. The maximum Gasteiger partial charge on any atom is 0.317 e. The molecule has 1 aliphatic heterocycles. The van der Waals surface area contributed by atoms with E-state index in [-0.39, 0.29) is 12.6 Å². The van der Waals surface area contributed by atoms with Crippen LogP contribution in [0.15, 0.2) is 23.4 Å². The third-order valence-electron chi connectivity index (χ3n) is 3.51. The third kappa shape index (κ3) is 4.35. The van der Waals surface area contributed by atoms with Gasteiger partial charge in [-0.2, -0.15) is 0 Å². The van der Waals surface area contributed by atoms with Gasteiger partial charge >= 0.3 is 12.0 Å². The Morgan fingerprint density at radius 1 is 1.57 bits per heavy atom. The van der Waals surface area contributed by atoms with Crippen molar-refractivity contribution < 1.29 is 14.7 Å². The summed E-state index contributed by atoms with van der Waals surface area (Å²) in [5.74, 6) is -1.28. The second kappa shape index (κ2) is 7.31. The third-order valence-corrected chi connectivity index (χ3v) is 4.15. The largest absolute Gasteiger partial charge is 0.481 e. The number of piperidine rings is 1. The molecule has 0 aromatic carbocycles. The molecule has 0 aliphatic carbocycles. The summed E-state index contributed by atoms with van der Waals surface area (Å²) in [5, 5.41) is 12.8. The maximum atomic E-state index is 12.1. The van der Waals surface area contributed by atoms with Crippen LogP contribution in [0.1, 0.15) is 18.4 Å². The number of aromatic nitrogens is 1. The van der Waals surface area contributed by atoms with Gasteiger partial charge < -0.3 is 15.3 Å². The Labute approximate surface area is 127 Å². The maximum absolute atomic E-state index is 12.1. The van der Waals surface area contributed by atoms with Crippen molar-refractivity contribution in [1.29, 1.82) is 0 Å². The predicted molar refractivity (Wildman–Crippen MR) is 80.2 cm³/mol. The van der Waals surface area contributed by atoms with E-state index in [1.807, 2.05) is 18.4 Å². The summed E-state index contributed by atoms with van der Waals surface area (Å²) in [7, 11) is 0. The van der Waals surface area contributed by atoms with Crippen LogP contribution >= 0.6 is 11.8 Å². The van der Waals surface area contributed by atoms with E-state index in [0.717, 1.165) is 17.0 Å². The van der Waals surface area contributed by atoms with Crippen molar-refractivity contribution in [3.05, 3.63) is 23.9 Å². The number of rotatable bonds is 4. The monoisotopic (exact) mass is 309 g/mol. The highest BCUT2D eigenvalue weighted by Gasteiger charge is 2.27. The lowest BCUT2D eigenvalue weighted by Crippen LogP contribution is -2.46. The second-order valence-electron chi connectivity index (χ2n) is 4.99. The van der Waals surface area contributed by atoms with E-state index >= 15 is 0 Å². The van der Waals surface area contributed by atoms with Crippen molar-refractivity contribution in [1.82, 2.24) is 15.2 Å². The number of urea groups is 1. The zero-order valence-corrected chi connectivity index (χ0v) is 12.7. The van der Waals surface area contributed by atoms with Crippen molar-refractivity contribution in [2.75, 3.05) is 19.3 Å². The van der Waals surface area contributed by atoms with Crippen LogP contribution in [-0.2, 0) is 11.3 Å². The lowest BCUT2D eigenvalue weighted by Gasteiger charge is -2.30. The summed E-state index contributed by atoms with van der Waals surface area (Å²) in [6, 6.07) is 3.58. The fourth-order valence-electron chi connectivity index (χ4n) is 2.32. The van der Waals surface area contributed by atoms with Gasteiger partial charge in [-0.25, -0.2) is 9.78 Å². The number of nitrogens with zero attached hydrogens (tertiary/aromatic N) is 2.